The molecule has 26 heavy (non-hydrogen) atoms. The minimum absolute atomic E-state index is 0.147. The number of carbonyl (C=O) groups is 2. The number of benzene rings is 2. The molecule has 134 valence electrons. The molecule has 1 N–H and O–H groups in total. The van der Waals surface area contributed by atoms with E-state index in [0.29, 0.717) is 4.91 Å². The van der Waals surface area contributed by atoms with Crippen LogP contribution in [0, 0.1) is 13.8 Å². The Labute approximate surface area is 157 Å². The van der Waals surface area contributed by atoms with Gasteiger partial charge in [0, 0.05) is 5.69 Å². The number of hydrogen-bond acceptors (Lipinski definition) is 5. The van der Waals surface area contributed by atoms with Crippen molar-refractivity contribution >= 4 is 34.7 Å². The number of imide groups is 1. The van der Waals surface area contributed by atoms with Crippen LogP contribution in [-0.4, -0.2) is 29.8 Å². The fraction of sp³-hybridized carbons (Fsp3) is 0.200. The maximum Gasteiger partial charge on any atom is 0.295 e. The first-order valence-corrected chi connectivity index (χ1v) is 9.00. The number of nitrogens with one attached hydrogen (secondary N) is 1. The number of aryl methyl sites for hydroxylation is 2. The van der Waals surface area contributed by atoms with Gasteiger partial charge in [-0.3, -0.25) is 14.5 Å². The summed E-state index contributed by atoms with van der Waals surface area (Å²) in [5.41, 5.74) is 4.00. The summed E-state index contributed by atoms with van der Waals surface area (Å²) in [5.74, 6) is 0.459. The van der Waals surface area contributed by atoms with Crippen LogP contribution in [0.3, 0.4) is 0 Å². The molecule has 2 aromatic carbocycles. The van der Waals surface area contributed by atoms with Crippen LogP contribution in [0.5, 0.6) is 5.75 Å². The van der Waals surface area contributed by atoms with Gasteiger partial charge in [0.1, 0.15) is 5.75 Å². The molecule has 0 aliphatic carbocycles. The number of carbonyl (C=O) groups excluding carboxylic acids is 2. The largest absolute Gasteiger partial charge is 0.497 e. The van der Waals surface area contributed by atoms with Gasteiger partial charge in [-0.2, -0.15) is 0 Å². The topological polar surface area (TPSA) is 58.6 Å². The van der Waals surface area contributed by atoms with Crippen LogP contribution in [0.1, 0.15) is 16.7 Å². The SMILES string of the molecule is COc1ccc(C=C2SC(=O)N(CNc3ccc(C)cc3C)C2=O)cc1. The molecule has 0 atom stereocenters. The molecular formula is C20H20N2O3S. The van der Waals surface area contributed by atoms with E-state index in [9.17, 15) is 9.59 Å². The van der Waals surface area contributed by atoms with Gasteiger partial charge >= 0.3 is 0 Å². The second-order valence-electron chi connectivity index (χ2n) is 6.04. The zero-order chi connectivity index (χ0) is 18.7. The highest BCUT2D eigenvalue weighted by atomic mass is 32.2. The van der Waals surface area contributed by atoms with Crippen molar-refractivity contribution < 1.29 is 14.3 Å². The van der Waals surface area contributed by atoms with Crippen molar-refractivity contribution in [3.8, 4) is 5.75 Å². The van der Waals surface area contributed by atoms with Gasteiger partial charge in [-0.15, -0.1) is 0 Å². The van der Waals surface area contributed by atoms with Crippen LogP contribution in [0.4, 0.5) is 10.5 Å². The van der Waals surface area contributed by atoms with Gasteiger partial charge in [-0.1, -0.05) is 29.8 Å². The number of nitrogens with zero attached hydrogens (tertiary/aromatic N) is 1. The lowest BCUT2D eigenvalue weighted by Crippen LogP contribution is -2.33. The summed E-state index contributed by atoms with van der Waals surface area (Å²) in [7, 11) is 1.60. The number of anilines is 1. The Bertz CT molecular complexity index is 875. The van der Waals surface area contributed by atoms with Crippen molar-refractivity contribution in [3.63, 3.8) is 0 Å². The van der Waals surface area contributed by atoms with E-state index < -0.39 is 0 Å². The van der Waals surface area contributed by atoms with Crippen molar-refractivity contribution in [3.05, 3.63) is 64.1 Å². The van der Waals surface area contributed by atoms with Crippen molar-refractivity contribution in [2.24, 2.45) is 0 Å². The van der Waals surface area contributed by atoms with E-state index in [1.54, 1.807) is 13.2 Å². The summed E-state index contributed by atoms with van der Waals surface area (Å²) in [6, 6.07) is 13.3. The lowest BCUT2D eigenvalue weighted by molar-refractivity contribution is -0.122. The smallest absolute Gasteiger partial charge is 0.295 e. The molecule has 1 aliphatic rings. The Morgan fingerprint density at radius 2 is 1.85 bits per heavy atom. The third-order valence-corrected chi connectivity index (χ3v) is 5.00. The van der Waals surface area contributed by atoms with Gasteiger partial charge in [-0.25, -0.2) is 0 Å². The van der Waals surface area contributed by atoms with Gasteiger partial charge in [-0.05, 0) is 61.0 Å². The van der Waals surface area contributed by atoms with E-state index >= 15 is 0 Å². The van der Waals surface area contributed by atoms with E-state index in [-0.39, 0.29) is 17.8 Å². The second kappa shape index (κ2) is 7.66. The van der Waals surface area contributed by atoms with Crippen LogP contribution < -0.4 is 10.1 Å². The maximum absolute atomic E-state index is 12.6. The van der Waals surface area contributed by atoms with Crippen molar-refractivity contribution in [1.29, 1.82) is 0 Å². The average molecular weight is 368 g/mol. The summed E-state index contributed by atoms with van der Waals surface area (Å²) in [6.45, 7) is 4.17. The summed E-state index contributed by atoms with van der Waals surface area (Å²) < 4.78 is 5.12. The molecule has 0 unspecified atom stereocenters. The average Bonchev–Trinajstić information content (AvgIpc) is 2.88. The van der Waals surface area contributed by atoms with Crippen LogP contribution in [0.25, 0.3) is 6.08 Å². The fourth-order valence-corrected chi connectivity index (χ4v) is 3.50. The molecule has 5 nitrogen and oxygen atoms in total. The normalized spacial score (nSPS) is 15.7. The highest BCUT2D eigenvalue weighted by Gasteiger charge is 2.34. The van der Waals surface area contributed by atoms with Gasteiger partial charge < -0.3 is 10.1 Å². The number of rotatable bonds is 5. The standard InChI is InChI=1S/C20H20N2O3S/c1-13-4-9-17(14(2)10-13)21-12-22-19(23)18(26-20(22)24)11-15-5-7-16(25-3)8-6-15/h4-11,21H,12H2,1-3H3. The monoisotopic (exact) mass is 368 g/mol. The van der Waals surface area contributed by atoms with Crippen molar-refractivity contribution in [2.75, 3.05) is 19.1 Å². The lowest BCUT2D eigenvalue weighted by Gasteiger charge is -2.16. The fourth-order valence-electron chi connectivity index (χ4n) is 2.66. The quantitative estimate of drug-likeness (QED) is 0.792. The molecule has 1 saturated heterocycles. The Kier molecular flexibility index (Phi) is 5.32. The third-order valence-electron chi connectivity index (χ3n) is 4.10. The first-order chi connectivity index (χ1) is 12.5. The third kappa shape index (κ3) is 3.91. The number of ether oxygens (including phenoxy) is 1. The molecule has 6 heteroatoms. The molecule has 2 amide bonds. The maximum atomic E-state index is 12.6. The summed E-state index contributed by atoms with van der Waals surface area (Å²) in [6.07, 6.45) is 1.72. The first kappa shape index (κ1) is 18.1. The molecule has 0 spiro atoms. The lowest BCUT2D eigenvalue weighted by atomic mass is 10.1. The Hall–Kier alpha value is -2.73. The van der Waals surface area contributed by atoms with Crippen LogP contribution in [-0.2, 0) is 4.79 Å². The highest BCUT2D eigenvalue weighted by molar-refractivity contribution is 8.18. The highest BCUT2D eigenvalue weighted by Crippen LogP contribution is 2.32. The predicted molar refractivity (Wildman–Crippen MR) is 105 cm³/mol. The van der Waals surface area contributed by atoms with E-state index in [1.165, 1.54) is 10.5 Å². The number of hydrogen-bond donors (Lipinski definition) is 1. The molecule has 0 radical (unpaired) electrons. The molecule has 1 fully saturated rings. The minimum atomic E-state index is -0.284. The minimum Gasteiger partial charge on any atom is -0.497 e. The number of amides is 2. The van der Waals surface area contributed by atoms with Gasteiger partial charge in [0.15, 0.2) is 0 Å². The molecule has 1 heterocycles. The molecular weight excluding hydrogens is 348 g/mol. The molecule has 0 bridgehead atoms. The molecule has 2 aromatic rings. The molecule has 0 aromatic heterocycles. The van der Waals surface area contributed by atoms with Gasteiger partial charge in [0.05, 0.1) is 18.7 Å². The zero-order valence-electron chi connectivity index (χ0n) is 14.9. The molecule has 0 saturated carbocycles. The number of methoxy groups -OCH3 is 1. The zero-order valence-corrected chi connectivity index (χ0v) is 15.7. The summed E-state index contributed by atoms with van der Waals surface area (Å²) in [5, 5.41) is 2.90. The van der Waals surface area contributed by atoms with E-state index in [0.717, 1.165) is 34.3 Å². The van der Waals surface area contributed by atoms with Crippen LogP contribution >= 0.6 is 11.8 Å². The van der Waals surface area contributed by atoms with E-state index in [4.69, 9.17) is 4.74 Å². The van der Waals surface area contributed by atoms with Crippen molar-refractivity contribution in [1.82, 2.24) is 4.90 Å². The van der Waals surface area contributed by atoms with Gasteiger partial charge in [0.2, 0.25) is 0 Å². The Morgan fingerprint density at radius 3 is 2.50 bits per heavy atom. The Morgan fingerprint density at radius 1 is 1.12 bits per heavy atom. The van der Waals surface area contributed by atoms with E-state index in [2.05, 4.69) is 11.4 Å². The molecule has 1 aliphatic heterocycles. The predicted octanol–water partition coefficient (Wildman–Crippen LogP) is 4.42. The van der Waals surface area contributed by atoms with Gasteiger partial charge in [0.25, 0.3) is 11.1 Å². The summed E-state index contributed by atoms with van der Waals surface area (Å²) in [4.78, 5) is 26.4. The molecule has 3 rings (SSSR count). The first-order valence-electron chi connectivity index (χ1n) is 8.18. The summed E-state index contributed by atoms with van der Waals surface area (Å²) >= 11 is 0.956. The second-order valence-corrected chi connectivity index (χ2v) is 7.03. The Balaban J connectivity index is 1.70. The van der Waals surface area contributed by atoms with Crippen LogP contribution in [0.2, 0.25) is 0 Å². The van der Waals surface area contributed by atoms with Crippen LogP contribution in [0.15, 0.2) is 47.4 Å². The van der Waals surface area contributed by atoms with E-state index in [1.807, 2.05) is 50.2 Å². The number of thioether (sulfide) groups is 1. The van der Waals surface area contributed by atoms with Crippen molar-refractivity contribution in [2.45, 2.75) is 13.8 Å².